The van der Waals surface area contributed by atoms with Gasteiger partial charge in [-0.05, 0) is 28.4 Å². The Morgan fingerprint density at radius 2 is 2.18 bits per heavy atom. The summed E-state index contributed by atoms with van der Waals surface area (Å²) in [5.41, 5.74) is 0. The van der Waals surface area contributed by atoms with E-state index in [1.165, 1.54) is 17.8 Å². The molecule has 0 saturated carbocycles. The molecule has 0 nitrogen and oxygen atoms in total. The van der Waals surface area contributed by atoms with Crippen molar-refractivity contribution in [1.82, 2.24) is 0 Å². The fraction of sp³-hybridized carbons (Fsp3) is 0.571. The number of rotatable bonds is 5. The molecule has 0 atom stereocenters. The van der Waals surface area contributed by atoms with E-state index in [1.54, 1.807) is 0 Å². The number of allylic oxidation sites excluding steroid dienone is 1. The molecule has 0 rings (SSSR count). The van der Waals surface area contributed by atoms with Gasteiger partial charge in [0.25, 0.3) is 0 Å². The number of hydrogen-bond acceptors (Lipinski definition) is 1. The van der Waals surface area contributed by atoms with E-state index in [-0.39, 0.29) is 0 Å². The summed E-state index contributed by atoms with van der Waals surface area (Å²) in [4.78, 5) is -2.85. The van der Waals surface area contributed by atoms with Crippen molar-refractivity contribution in [3.8, 4) is 0 Å². The molecule has 0 amide bonds. The van der Waals surface area contributed by atoms with Gasteiger partial charge in [-0.1, -0.05) is 13.0 Å². The summed E-state index contributed by atoms with van der Waals surface area (Å²) in [6.45, 7) is 2.01. The second-order valence-corrected chi connectivity index (χ2v) is 3.91. The Balaban J connectivity index is 3.30. The Morgan fingerprint density at radius 3 is 2.64 bits per heavy atom. The lowest BCUT2D eigenvalue weighted by Gasteiger charge is -1.98. The van der Waals surface area contributed by atoms with E-state index in [0.717, 1.165) is 12.5 Å². The zero-order chi connectivity index (χ0) is 8.74. The summed E-state index contributed by atoms with van der Waals surface area (Å²) in [5.74, 6) is 2.59. The van der Waals surface area contributed by atoms with E-state index < -0.39 is 4.83 Å². The summed E-state index contributed by atoms with van der Waals surface area (Å²) in [7, 11) is 0. The van der Waals surface area contributed by atoms with Gasteiger partial charge in [-0.15, -0.1) is 0 Å². The number of hydrogen-bond donors (Lipinski definition) is 0. The molecule has 65 valence electrons. The van der Waals surface area contributed by atoms with Crippen molar-refractivity contribution in [2.75, 3.05) is 5.75 Å². The third-order valence-corrected chi connectivity index (χ3v) is 2.00. The molecule has 0 aromatic carbocycles. The van der Waals surface area contributed by atoms with Gasteiger partial charge >= 0.3 is 4.83 Å². The van der Waals surface area contributed by atoms with E-state index in [1.807, 2.05) is 12.7 Å². The van der Waals surface area contributed by atoms with Gasteiger partial charge in [0, 0.05) is 11.5 Å². The second kappa shape index (κ2) is 6.00. The fourth-order valence-corrected chi connectivity index (χ4v) is 1.19. The van der Waals surface area contributed by atoms with Crippen LogP contribution in [0.25, 0.3) is 0 Å². The first-order chi connectivity index (χ1) is 5.06. The molecule has 0 heterocycles. The molecule has 0 unspecified atom stereocenters. The highest BCUT2D eigenvalue weighted by molar-refractivity contribution is 9.10. The number of alkyl halides is 3. The van der Waals surface area contributed by atoms with Crippen molar-refractivity contribution in [1.29, 1.82) is 0 Å². The highest BCUT2D eigenvalue weighted by Gasteiger charge is 2.17. The van der Waals surface area contributed by atoms with Crippen LogP contribution in [0.5, 0.6) is 0 Å². The van der Waals surface area contributed by atoms with Crippen LogP contribution in [0.4, 0.5) is 8.78 Å². The van der Waals surface area contributed by atoms with Crippen LogP contribution in [0.1, 0.15) is 13.3 Å². The van der Waals surface area contributed by atoms with Crippen LogP contribution in [0.3, 0.4) is 0 Å². The largest absolute Gasteiger partial charge is 0.319 e. The van der Waals surface area contributed by atoms with E-state index >= 15 is 0 Å². The SMILES string of the molecule is CC[CH]SC/C=C/C(F)(F)Br. The predicted octanol–water partition coefficient (Wildman–Crippen LogP) is 3.84. The third-order valence-electron chi connectivity index (χ3n) is 0.784. The van der Waals surface area contributed by atoms with Crippen molar-refractivity contribution in [2.45, 2.75) is 18.2 Å². The van der Waals surface area contributed by atoms with Gasteiger partial charge in [0.15, 0.2) is 0 Å². The highest BCUT2D eigenvalue weighted by Crippen LogP contribution is 2.23. The van der Waals surface area contributed by atoms with Crippen molar-refractivity contribution in [2.24, 2.45) is 0 Å². The minimum Gasteiger partial charge on any atom is -0.189 e. The summed E-state index contributed by atoms with van der Waals surface area (Å²) in [6, 6.07) is 0. The summed E-state index contributed by atoms with van der Waals surface area (Å²) in [6.07, 6.45) is 3.26. The Kier molecular flexibility index (Phi) is 6.24. The maximum absolute atomic E-state index is 12.0. The van der Waals surface area contributed by atoms with Crippen LogP contribution in [0, 0.1) is 5.75 Å². The summed E-state index contributed by atoms with van der Waals surface area (Å²) in [5, 5.41) is 0. The third kappa shape index (κ3) is 10.4. The zero-order valence-electron chi connectivity index (χ0n) is 6.19. The molecule has 1 radical (unpaired) electrons. The quantitative estimate of drug-likeness (QED) is 0.402. The lowest BCUT2D eigenvalue weighted by atomic mass is 10.5. The molecular weight excluding hydrogens is 234 g/mol. The van der Waals surface area contributed by atoms with Crippen LogP contribution >= 0.6 is 27.7 Å². The van der Waals surface area contributed by atoms with Gasteiger partial charge in [-0.3, -0.25) is 0 Å². The molecule has 0 aliphatic carbocycles. The fourth-order valence-electron chi connectivity index (χ4n) is 0.423. The van der Waals surface area contributed by atoms with E-state index in [0.29, 0.717) is 5.75 Å². The normalized spacial score (nSPS) is 12.7. The number of halogens is 3. The average molecular weight is 244 g/mol. The van der Waals surface area contributed by atoms with Crippen molar-refractivity contribution < 1.29 is 8.78 Å². The van der Waals surface area contributed by atoms with Gasteiger partial charge in [0.2, 0.25) is 0 Å². The molecular formula is C7H10BrF2S. The second-order valence-electron chi connectivity index (χ2n) is 1.85. The summed E-state index contributed by atoms with van der Waals surface area (Å²) >= 11 is 3.74. The van der Waals surface area contributed by atoms with Crippen molar-refractivity contribution in [3.63, 3.8) is 0 Å². The minimum absolute atomic E-state index is 0.606. The lowest BCUT2D eigenvalue weighted by Crippen LogP contribution is -1.97. The molecule has 0 saturated heterocycles. The standard InChI is InChI=1S/C7H10BrF2S/c1-2-5-11-6-3-4-7(8,9)10/h3-5H,2,6H2,1H3/b4-3+. The molecule has 0 fully saturated rings. The van der Waals surface area contributed by atoms with Crippen molar-refractivity contribution >= 4 is 27.7 Å². The molecule has 0 aromatic heterocycles. The Bertz CT molecular complexity index is 120. The van der Waals surface area contributed by atoms with Gasteiger partial charge < -0.3 is 0 Å². The van der Waals surface area contributed by atoms with E-state index in [2.05, 4.69) is 15.9 Å². The maximum Gasteiger partial charge on any atom is 0.319 e. The monoisotopic (exact) mass is 243 g/mol. The van der Waals surface area contributed by atoms with Gasteiger partial charge in [0.05, 0.1) is 0 Å². The van der Waals surface area contributed by atoms with Crippen LogP contribution in [-0.4, -0.2) is 10.6 Å². The Hall–Kier alpha value is 0.430. The van der Waals surface area contributed by atoms with Crippen LogP contribution in [-0.2, 0) is 0 Å². The van der Waals surface area contributed by atoms with Gasteiger partial charge in [0.1, 0.15) is 0 Å². The van der Waals surface area contributed by atoms with Crippen LogP contribution in [0.2, 0.25) is 0 Å². The first kappa shape index (κ1) is 11.4. The highest BCUT2D eigenvalue weighted by atomic mass is 79.9. The topological polar surface area (TPSA) is 0 Å². The lowest BCUT2D eigenvalue weighted by molar-refractivity contribution is 0.171. The Labute approximate surface area is 78.6 Å². The first-order valence-corrected chi connectivity index (χ1v) is 5.08. The number of thioether (sulfide) groups is 1. The Morgan fingerprint density at radius 1 is 1.55 bits per heavy atom. The smallest absolute Gasteiger partial charge is 0.189 e. The van der Waals surface area contributed by atoms with Crippen LogP contribution in [0.15, 0.2) is 12.2 Å². The van der Waals surface area contributed by atoms with Gasteiger partial charge in [-0.25, -0.2) is 0 Å². The molecule has 0 spiro atoms. The van der Waals surface area contributed by atoms with Crippen LogP contribution < -0.4 is 0 Å². The van der Waals surface area contributed by atoms with Crippen molar-refractivity contribution in [3.05, 3.63) is 17.9 Å². The van der Waals surface area contributed by atoms with E-state index in [4.69, 9.17) is 0 Å². The first-order valence-electron chi connectivity index (χ1n) is 3.24. The molecule has 0 N–H and O–H groups in total. The van der Waals surface area contributed by atoms with E-state index in [9.17, 15) is 8.78 Å². The molecule has 0 aliphatic rings. The molecule has 4 heteroatoms. The zero-order valence-corrected chi connectivity index (χ0v) is 8.59. The molecule has 0 aromatic rings. The summed E-state index contributed by atoms with van der Waals surface area (Å²) < 4.78 is 24.1. The minimum atomic E-state index is -2.85. The average Bonchev–Trinajstić information content (AvgIpc) is 1.85. The molecule has 0 bridgehead atoms. The molecule has 11 heavy (non-hydrogen) atoms. The maximum atomic E-state index is 12.0. The predicted molar refractivity (Wildman–Crippen MR) is 50.1 cm³/mol. The molecule has 0 aliphatic heterocycles. The van der Waals surface area contributed by atoms with Gasteiger partial charge in [-0.2, -0.15) is 20.5 Å².